The molecule has 0 spiro atoms. The number of fused-ring (bicyclic) bond motifs is 2. The Balaban J connectivity index is 2.36. The predicted molar refractivity (Wildman–Crippen MR) is 70.8 cm³/mol. The summed E-state index contributed by atoms with van der Waals surface area (Å²) >= 11 is 9.81. The molecule has 2 heterocycles. The van der Waals surface area contributed by atoms with Crippen LogP contribution >= 0.6 is 27.5 Å². The van der Waals surface area contributed by atoms with Gasteiger partial charge in [0.25, 0.3) is 0 Å². The van der Waals surface area contributed by atoms with E-state index in [9.17, 15) is 0 Å². The van der Waals surface area contributed by atoms with Gasteiger partial charge in [-0.15, -0.1) is 0 Å². The van der Waals surface area contributed by atoms with Gasteiger partial charge in [0.2, 0.25) is 5.88 Å². The zero-order valence-corrected chi connectivity index (χ0v) is 11.6. The van der Waals surface area contributed by atoms with E-state index in [-0.39, 0.29) is 0 Å². The number of aryl methyl sites for hydroxylation is 1. The molecule has 0 aromatic carbocycles. The largest absolute Gasteiger partial charge is 0.480 e. The van der Waals surface area contributed by atoms with Crippen LogP contribution in [0.2, 0.25) is 5.02 Å². The highest BCUT2D eigenvalue weighted by molar-refractivity contribution is 9.10. The van der Waals surface area contributed by atoms with E-state index in [1.165, 1.54) is 0 Å². The van der Waals surface area contributed by atoms with Gasteiger partial charge in [-0.1, -0.05) is 11.6 Å². The van der Waals surface area contributed by atoms with Gasteiger partial charge in [0.15, 0.2) is 0 Å². The summed E-state index contributed by atoms with van der Waals surface area (Å²) in [6.07, 6.45) is 3.13. The summed E-state index contributed by atoms with van der Waals surface area (Å²) in [5, 5.41) is 0.730. The smallest absolute Gasteiger partial charge is 0.228 e. The van der Waals surface area contributed by atoms with Crippen LogP contribution in [0.3, 0.4) is 0 Å². The summed E-state index contributed by atoms with van der Waals surface area (Å²) in [7, 11) is 1.59. The van der Waals surface area contributed by atoms with E-state index in [2.05, 4.69) is 25.9 Å². The summed E-state index contributed by atoms with van der Waals surface area (Å²) in [5.74, 6) is 0.541. The molecule has 5 heteroatoms. The molecule has 0 aliphatic heterocycles. The maximum atomic E-state index is 6.39. The Morgan fingerprint density at radius 1 is 1.35 bits per heavy atom. The minimum Gasteiger partial charge on any atom is -0.480 e. The van der Waals surface area contributed by atoms with E-state index < -0.39 is 0 Å². The van der Waals surface area contributed by atoms with Crippen LogP contribution in [-0.4, -0.2) is 17.1 Å². The van der Waals surface area contributed by atoms with Crippen molar-refractivity contribution >= 4 is 38.6 Å². The lowest BCUT2D eigenvalue weighted by molar-refractivity contribution is 0.397. The summed E-state index contributed by atoms with van der Waals surface area (Å²) in [6.45, 7) is 0. The van der Waals surface area contributed by atoms with Crippen LogP contribution in [0.4, 0.5) is 0 Å². The third-order valence-corrected chi connectivity index (χ3v) is 4.01. The molecule has 3 rings (SSSR count). The zero-order chi connectivity index (χ0) is 12.0. The second-order valence-electron chi connectivity index (χ2n) is 4.05. The Morgan fingerprint density at radius 3 is 2.94 bits per heavy atom. The number of hydrogen-bond donors (Lipinski definition) is 0. The van der Waals surface area contributed by atoms with Gasteiger partial charge in [0, 0.05) is 5.69 Å². The quantitative estimate of drug-likeness (QED) is 0.807. The van der Waals surface area contributed by atoms with Crippen molar-refractivity contribution in [2.45, 2.75) is 19.3 Å². The van der Waals surface area contributed by atoms with Crippen molar-refractivity contribution in [1.29, 1.82) is 0 Å². The van der Waals surface area contributed by atoms with E-state index in [0.29, 0.717) is 5.88 Å². The van der Waals surface area contributed by atoms with Crippen LogP contribution in [0.1, 0.15) is 17.7 Å². The van der Waals surface area contributed by atoms with E-state index in [1.54, 1.807) is 7.11 Å². The average molecular weight is 314 g/mol. The second kappa shape index (κ2) is 4.10. The van der Waals surface area contributed by atoms with Gasteiger partial charge < -0.3 is 4.74 Å². The first-order valence-corrected chi connectivity index (χ1v) is 6.59. The number of methoxy groups -OCH3 is 1. The van der Waals surface area contributed by atoms with Gasteiger partial charge in [-0.25, -0.2) is 4.98 Å². The third-order valence-electron chi connectivity index (χ3n) is 3.03. The molecular formula is C12H10BrClN2O. The first-order valence-electron chi connectivity index (χ1n) is 5.42. The lowest BCUT2D eigenvalue weighted by Gasteiger charge is -2.08. The third kappa shape index (κ3) is 1.70. The maximum absolute atomic E-state index is 6.39. The maximum Gasteiger partial charge on any atom is 0.228 e. The molecule has 3 nitrogen and oxygen atoms in total. The van der Waals surface area contributed by atoms with Crippen molar-refractivity contribution in [2.75, 3.05) is 7.11 Å². The van der Waals surface area contributed by atoms with Crippen LogP contribution in [0, 0.1) is 0 Å². The van der Waals surface area contributed by atoms with Gasteiger partial charge >= 0.3 is 0 Å². The Morgan fingerprint density at radius 2 is 2.18 bits per heavy atom. The van der Waals surface area contributed by atoms with Gasteiger partial charge in [-0.2, -0.15) is 0 Å². The number of ether oxygens (including phenoxy) is 1. The molecule has 0 fully saturated rings. The first kappa shape index (κ1) is 11.2. The molecule has 1 aliphatic rings. The molecule has 0 N–H and O–H groups in total. The lowest BCUT2D eigenvalue weighted by Crippen LogP contribution is -1.96. The Bertz CT molecular complexity index is 615. The number of halogens is 2. The number of nitrogens with zero attached hydrogens (tertiary/aromatic N) is 2. The molecule has 2 aromatic rings. The fraction of sp³-hybridized carbons (Fsp3) is 0.333. The molecule has 17 heavy (non-hydrogen) atoms. The predicted octanol–water partition coefficient (Wildman–Crippen LogP) is 3.54. The van der Waals surface area contributed by atoms with Crippen LogP contribution in [0.25, 0.3) is 11.0 Å². The van der Waals surface area contributed by atoms with Crippen LogP contribution in [0.15, 0.2) is 10.5 Å². The highest BCUT2D eigenvalue weighted by atomic mass is 79.9. The zero-order valence-electron chi connectivity index (χ0n) is 9.26. The molecule has 1 aliphatic carbocycles. The van der Waals surface area contributed by atoms with Crippen LogP contribution < -0.4 is 4.74 Å². The second-order valence-corrected chi connectivity index (χ2v) is 5.28. The standard InChI is InChI=1S/C12H10BrClN2O/c1-17-12-7(13)5-9-11(16-12)10(14)6-3-2-4-8(6)15-9/h5H,2-4H2,1H3. The fourth-order valence-corrected chi connectivity index (χ4v) is 3.04. The molecule has 0 atom stereocenters. The molecule has 0 amide bonds. The van der Waals surface area contributed by atoms with E-state index in [4.69, 9.17) is 16.3 Å². The van der Waals surface area contributed by atoms with Gasteiger partial charge in [0.1, 0.15) is 5.52 Å². The van der Waals surface area contributed by atoms with Gasteiger partial charge in [0.05, 0.1) is 22.1 Å². The van der Waals surface area contributed by atoms with Crippen molar-refractivity contribution in [1.82, 2.24) is 9.97 Å². The minimum absolute atomic E-state index is 0.541. The number of rotatable bonds is 1. The minimum atomic E-state index is 0.541. The molecule has 0 saturated carbocycles. The lowest BCUT2D eigenvalue weighted by atomic mass is 10.2. The monoisotopic (exact) mass is 312 g/mol. The molecule has 0 unspecified atom stereocenters. The van der Waals surface area contributed by atoms with E-state index >= 15 is 0 Å². The SMILES string of the molecule is COc1nc2c(Cl)c3c(nc2cc1Br)CCC3. The number of hydrogen-bond acceptors (Lipinski definition) is 3. The molecule has 0 radical (unpaired) electrons. The van der Waals surface area contributed by atoms with Crippen molar-refractivity contribution in [2.24, 2.45) is 0 Å². The summed E-state index contributed by atoms with van der Waals surface area (Å²) < 4.78 is 5.98. The molecule has 0 saturated heterocycles. The normalized spacial score (nSPS) is 14.1. The van der Waals surface area contributed by atoms with Crippen molar-refractivity contribution in [3.63, 3.8) is 0 Å². The number of pyridine rings is 2. The highest BCUT2D eigenvalue weighted by Gasteiger charge is 2.20. The van der Waals surface area contributed by atoms with Crippen molar-refractivity contribution < 1.29 is 4.74 Å². The van der Waals surface area contributed by atoms with Gasteiger partial charge in [-0.3, -0.25) is 4.98 Å². The Labute approximate surface area is 112 Å². The summed E-state index contributed by atoms with van der Waals surface area (Å²) in [4.78, 5) is 9.03. The van der Waals surface area contributed by atoms with Crippen molar-refractivity contribution in [3.05, 3.63) is 26.8 Å². The first-order chi connectivity index (χ1) is 8.20. The Hall–Kier alpha value is -0.870. The summed E-state index contributed by atoms with van der Waals surface area (Å²) in [6, 6.07) is 1.91. The molecule has 2 aromatic heterocycles. The van der Waals surface area contributed by atoms with E-state index in [0.717, 1.165) is 51.0 Å². The molecule has 88 valence electrons. The average Bonchev–Trinajstić information content (AvgIpc) is 2.77. The highest BCUT2D eigenvalue weighted by Crippen LogP contribution is 2.35. The van der Waals surface area contributed by atoms with Crippen molar-refractivity contribution in [3.8, 4) is 5.88 Å². The topological polar surface area (TPSA) is 35.0 Å². The Kier molecular flexibility index (Phi) is 2.71. The van der Waals surface area contributed by atoms with Crippen LogP contribution in [-0.2, 0) is 12.8 Å². The van der Waals surface area contributed by atoms with Crippen LogP contribution in [0.5, 0.6) is 5.88 Å². The fourth-order valence-electron chi connectivity index (χ4n) is 2.23. The molecular weight excluding hydrogens is 304 g/mol. The van der Waals surface area contributed by atoms with E-state index in [1.807, 2.05) is 6.07 Å². The molecule has 0 bridgehead atoms. The number of aromatic nitrogens is 2. The van der Waals surface area contributed by atoms with Gasteiger partial charge in [-0.05, 0) is 46.8 Å². The summed E-state index contributed by atoms with van der Waals surface area (Å²) in [5.41, 5.74) is 3.81.